The summed E-state index contributed by atoms with van der Waals surface area (Å²) >= 11 is 11.3. The molecule has 0 aliphatic heterocycles. The quantitative estimate of drug-likeness (QED) is 0.827. The maximum absolute atomic E-state index is 12.0. The molecule has 0 saturated heterocycles. The van der Waals surface area contributed by atoms with Crippen LogP contribution in [0.1, 0.15) is 34.1 Å². The first-order valence-corrected chi connectivity index (χ1v) is 6.39. The van der Waals surface area contributed by atoms with Crippen molar-refractivity contribution in [3.63, 3.8) is 0 Å². The summed E-state index contributed by atoms with van der Waals surface area (Å²) in [6.45, 7) is 8.18. The Bertz CT molecular complexity index is 308. The van der Waals surface area contributed by atoms with Gasteiger partial charge in [0.2, 0.25) is 5.91 Å². The first kappa shape index (κ1) is 13.9. The molecule has 0 radical (unpaired) electrons. The lowest BCUT2D eigenvalue weighted by Crippen LogP contribution is -2.34. The largest absolute Gasteiger partial charge is 0.353 e. The smallest absolute Gasteiger partial charge is 0.224 e. The molecule has 16 heavy (non-hydrogen) atoms. The van der Waals surface area contributed by atoms with Crippen molar-refractivity contribution >= 4 is 29.1 Å². The minimum absolute atomic E-state index is 0.00556. The van der Waals surface area contributed by atoms with Crippen LogP contribution in [-0.2, 0) is 4.79 Å². The topological polar surface area (TPSA) is 29.1 Å². The van der Waals surface area contributed by atoms with Gasteiger partial charge in [0.05, 0.1) is 5.92 Å². The molecule has 0 spiro atoms. The molecular formula is C12H19Cl2NO. The highest BCUT2D eigenvalue weighted by molar-refractivity contribution is 6.55. The van der Waals surface area contributed by atoms with E-state index >= 15 is 0 Å². The molecule has 0 unspecified atom stereocenters. The van der Waals surface area contributed by atoms with Gasteiger partial charge in [-0.05, 0) is 30.8 Å². The van der Waals surface area contributed by atoms with Crippen LogP contribution in [0.3, 0.4) is 0 Å². The number of allylic oxidation sites excluding steroid dienone is 1. The van der Waals surface area contributed by atoms with E-state index in [-0.39, 0.29) is 33.7 Å². The highest BCUT2D eigenvalue weighted by Gasteiger charge is 2.60. The summed E-state index contributed by atoms with van der Waals surface area (Å²) in [6.07, 6.45) is 2.71. The maximum Gasteiger partial charge on any atom is 0.224 e. The van der Waals surface area contributed by atoms with Crippen molar-refractivity contribution in [3.8, 4) is 0 Å². The van der Waals surface area contributed by atoms with Gasteiger partial charge in [0.25, 0.3) is 0 Å². The lowest BCUT2D eigenvalue weighted by atomic mass is 10.1. The second-order valence-electron chi connectivity index (χ2n) is 5.10. The number of rotatable bonds is 4. The number of halogens is 2. The predicted molar refractivity (Wildman–Crippen MR) is 68.4 cm³/mol. The van der Waals surface area contributed by atoms with Crippen molar-refractivity contribution in [1.82, 2.24) is 5.32 Å². The van der Waals surface area contributed by atoms with E-state index in [0.29, 0.717) is 0 Å². The van der Waals surface area contributed by atoms with E-state index < -0.39 is 0 Å². The molecule has 0 aromatic rings. The summed E-state index contributed by atoms with van der Waals surface area (Å²) in [4.78, 5) is 12.0. The van der Waals surface area contributed by atoms with E-state index in [4.69, 9.17) is 23.2 Å². The Morgan fingerprint density at radius 3 is 2.50 bits per heavy atom. The number of carbonyl (C=O) groups is 1. The predicted octanol–water partition coefficient (Wildman–Crippen LogP) is 3.49. The molecule has 3 atom stereocenters. The summed E-state index contributed by atoms with van der Waals surface area (Å²) in [7, 11) is 0. The molecule has 1 N–H and O–H groups in total. The van der Waals surface area contributed by atoms with E-state index in [1.807, 2.05) is 6.92 Å². The van der Waals surface area contributed by atoms with Crippen molar-refractivity contribution in [2.75, 3.05) is 0 Å². The van der Waals surface area contributed by atoms with Crippen LogP contribution in [-0.4, -0.2) is 11.9 Å². The van der Waals surface area contributed by atoms with E-state index in [1.54, 1.807) is 6.08 Å². The standard InChI is InChI=1S/C12H19Cl2NO/c1-5-7(2)15-11(16)10-8(6-9(13)14)12(10,3)4/h6-8,10H,5H2,1-4H3,(H,15,16)/t7-,8-,10+/m0/s1. The van der Waals surface area contributed by atoms with E-state index in [1.165, 1.54) is 0 Å². The fourth-order valence-corrected chi connectivity index (χ4v) is 2.33. The first-order valence-electron chi connectivity index (χ1n) is 5.63. The van der Waals surface area contributed by atoms with Gasteiger partial charge in [-0.2, -0.15) is 0 Å². The minimum Gasteiger partial charge on any atom is -0.353 e. The fraction of sp³-hybridized carbons (Fsp3) is 0.750. The van der Waals surface area contributed by atoms with Crippen LogP contribution in [0.4, 0.5) is 0 Å². The molecule has 1 saturated carbocycles. The van der Waals surface area contributed by atoms with Crippen molar-refractivity contribution in [2.45, 2.75) is 40.2 Å². The normalized spacial score (nSPS) is 28.1. The SMILES string of the molecule is CC[C@H](C)NC(=O)[C@H]1[C@H](C=C(Cl)Cl)C1(C)C. The molecule has 1 rings (SSSR count). The Hall–Kier alpha value is -0.210. The van der Waals surface area contributed by atoms with E-state index in [2.05, 4.69) is 26.1 Å². The molecule has 0 heterocycles. The van der Waals surface area contributed by atoms with Crippen molar-refractivity contribution in [2.24, 2.45) is 17.3 Å². The third-order valence-electron chi connectivity index (χ3n) is 3.50. The van der Waals surface area contributed by atoms with Gasteiger partial charge in [0, 0.05) is 6.04 Å². The van der Waals surface area contributed by atoms with Gasteiger partial charge >= 0.3 is 0 Å². The average molecular weight is 264 g/mol. The number of hydrogen-bond acceptors (Lipinski definition) is 1. The molecule has 2 nitrogen and oxygen atoms in total. The van der Waals surface area contributed by atoms with Crippen molar-refractivity contribution in [3.05, 3.63) is 10.6 Å². The Labute approximate surface area is 107 Å². The Kier molecular flexibility index (Phi) is 4.30. The molecule has 1 fully saturated rings. The molecule has 0 aromatic carbocycles. The van der Waals surface area contributed by atoms with Crippen LogP contribution in [0.25, 0.3) is 0 Å². The Morgan fingerprint density at radius 2 is 2.06 bits per heavy atom. The number of nitrogens with one attached hydrogen (secondary N) is 1. The summed E-state index contributed by atoms with van der Waals surface area (Å²) in [6, 6.07) is 0.222. The van der Waals surface area contributed by atoms with Gasteiger partial charge in [-0.1, -0.05) is 44.0 Å². The minimum atomic E-state index is -0.0351. The molecular weight excluding hydrogens is 245 g/mol. The van der Waals surface area contributed by atoms with Gasteiger partial charge in [0.15, 0.2) is 0 Å². The summed E-state index contributed by atoms with van der Waals surface area (Å²) in [5, 5.41) is 3.00. The molecule has 1 amide bonds. The third-order valence-corrected chi connectivity index (χ3v) is 3.75. The third kappa shape index (κ3) is 2.92. The summed E-state index contributed by atoms with van der Waals surface area (Å²) in [5.74, 6) is 0.255. The van der Waals surface area contributed by atoms with Gasteiger partial charge < -0.3 is 5.32 Å². The second kappa shape index (κ2) is 4.97. The van der Waals surface area contributed by atoms with Crippen LogP contribution in [0.2, 0.25) is 0 Å². The zero-order chi connectivity index (χ0) is 12.5. The monoisotopic (exact) mass is 263 g/mol. The van der Waals surface area contributed by atoms with Crippen LogP contribution >= 0.6 is 23.2 Å². The van der Waals surface area contributed by atoms with Gasteiger partial charge in [-0.15, -0.1) is 0 Å². The highest BCUT2D eigenvalue weighted by Crippen LogP contribution is 2.59. The lowest BCUT2D eigenvalue weighted by Gasteiger charge is -2.11. The lowest BCUT2D eigenvalue weighted by molar-refractivity contribution is -0.123. The molecule has 92 valence electrons. The molecule has 1 aliphatic carbocycles. The summed E-state index contributed by atoms with van der Waals surface area (Å²) < 4.78 is 0.247. The number of amides is 1. The van der Waals surface area contributed by atoms with E-state index in [9.17, 15) is 4.79 Å². The van der Waals surface area contributed by atoms with Gasteiger partial charge in [-0.25, -0.2) is 0 Å². The van der Waals surface area contributed by atoms with E-state index in [0.717, 1.165) is 6.42 Å². The van der Waals surface area contributed by atoms with Gasteiger partial charge in [0.1, 0.15) is 4.49 Å². The number of carbonyl (C=O) groups excluding carboxylic acids is 1. The fourth-order valence-electron chi connectivity index (χ4n) is 2.06. The molecule has 4 heteroatoms. The zero-order valence-corrected chi connectivity index (χ0v) is 11.7. The highest BCUT2D eigenvalue weighted by atomic mass is 35.5. The summed E-state index contributed by atoms with van der Waals surface area (Å²) in [5.41, 5.74) is -0.0351. The Morgan fingerprint density at radius 1 is 1.50 bits per heavy atom. The molecule has 0 aromatic heterocycles. The average Bonchev–Trinajstić information content (AvgIpc) is 2.66. The molecule has 1 aliphatic rings. The number of hydrogen-bond donors (Lipinski definition) is 1. The Balaban J connectivity index is 2.63. The van der Waals surface area contributed by atoms with Crippen LogP contribution in [0.5, 0.6) is 0 Å². The molecule has 0 bridgehead atoms. The van der Waals surface area contributed by atoms with Crippen LogP contribution in [0, 0.1) is 17.3 Å². The van der Waals surface area contributed by atoms with Crippen LogP contribution in [0.15, 0.2) is 10.6 Å². The van der Waals surface area contributed by atoms with Gasteiger partial charge in [-0.3, -0.25) is 4.79 Å². The van der Waals surface area contributed by atoms with Crippen LogP contribution < -0.4 is 5.32 Å². The second-order valence-corrected chi connectivity index (χ2v) is 6.11. The maximum atomic E-state index is 12.0. The first-order chi connectivity index (χ1) is 7.30. The zero-order valence-electron chi connectivity index (χ0n) is 10.2. The van der Waals surface area contributed by atoms with Crippen molar-refractivity contribution in [1.29, 1.82) is 0 Å². The van der Waals surface area contributed by atoms with Crippen molar-refractivity contribution < 1.29 is 4.79 Å².